The maximum Gasteiger partial charge on any atom is 0.229 e. The maximum absolute atomic E-state index is 12.3. The maximum atomic E-state index is 12.3. The number of rotatable bonds is 4. The number of carbonyl (C=O) groups excluding carboxylic acids is 1. The molecular formula is C15H18N2O3S. The van der Waals surface area contributed by atoms with Gasteiger partial charge in [-0.2, -0.15) is 0 Å². The topological polar surface area (TPSA) is 75.3 Å². The van der Waals surface area contributed by atoms with Gasteiger partial charge in [-0.05, 0) is 48.9 Å². The van der Waals surface area contributed by atoms with Crippen molar-refractivity contribution in [3.63, 3.8) is 0 Å². The molecule has 1 aromatic carbocycles. The van der Waals surface area contributed by atoms with Crippen LogP contribution in [-0.4, -0.2) is 20.6 Å². The molecule has 1 aromatic rings. The molecule has 2 N–H and O–H groups in total. The molecule has 1 fully saturated rings. The second-order valence-electron chi connectivity index (χ2n) is 5.83. The van der Waals surface area contributed by atoms with Crippen molar-refractivity contribution >= 4 is 27.3 Å². The zero-order chi connectivity index (χ0) is 15.0. The number of benzene rings is 1. The number of hydrogen-bond donors (Lipinski definition) is 2. The molecule has 0 saturated heterocycles. The first kappa shape index (κ1) is 14.1. The van der Waals surface area contributed by atoms with E-state index in [2.05, 4.69) is 22.2 Å². The fourth-order valence-corrected chi connectivity index (χ4v) is 3.72. The van der Waals surface area contributed by atoms with E-state index in [4.69, 9.17) is 0 Å². The van der Waals surface area contributed by atoms with Crippen LogP contribution in [0.25, 0.3) is 0 Å². The first-order valence-corrected chi connectivity index (χ1v) is 8.87. The van der Waals surface area contributed by atoms with E-state index in [0.29, 0.717) is 23.2 Å². The van der Waals surface area contributed by atoms with E-state index in [9.17, 15) is 13.2 Å². The number of sulfonamides is 1. The first-order valence-electron chi connectivity index (χ1n) is 6.98. The Kier molecular flexibility index (Phi) is 3.49. The van der Waals surface area contributed by atoms with Crippen molar-refractivity contribution in [3.8, 4) is 0 Å². The van der Waals surface area contributed by atoms with Crippen LogP contribution < -0.4 is 10.0 Å². The SMILES string of the molecule is CS(=O)(=O)Nc1ccc(NC(=O)[C@@H]2C[C@H]3C=C[C@H]2C3)cc1. The van der Waals surface area contributed by atoms with Gasteiger partial charge in [0.2, 0.25) is 15.9 Å². The molecule has 1 saturated carbocycles. The summed E-state index contributed by atoms with van der Waals surface area (Å²) < 4.78 is 24.6. The van der Waals surface area contributed by atoms with Gasteiger partial charge in [-0.15, -0.1) is 0 Å². The standard InChI is InChI=1S/C15H18N2O3S/c1-21(19,20)17-13-6-4-12(5-7-13)16-15(18)14-9-10-2-3-11(14)8-10/h2-7,10-11,14,17H,8-9H2,1H3,(H,16,18)/t10-,11-,14+/m0/s1. The fraction of sp³-hybridized carbons (Fsp3) is 0.400. The minimum absolute atomic E-state index is 0.0515. The highest BCUT2D eigenvalue weighted by Crippen LogP contribution is 2.43. The molecule has 0 aliphatic heterocycles. The molecule has 5 nitrogen and oxygen atoms in total. The molecule has 6 heteroatoms. The van der Waals surface area contributed by atoms with E-state index in [-0.39, 0.29) is 11.8 Å². The first-order chi connectivity index (χ1) is 9.90. The van der Waals surface area contributed by atoms with Crippen LogP contribution in [0.3, 0.4) is 0 Å². The molecule has 2 bridgehead atoms. The summed E-state index contributed by atoms with van der Waals surface area (Å²) in [6, 6.07) is 6.68. The van der Waals surface area contributed by atoms with Crippen molar-refractivity contribution in [1.29, 1.82) is 0 Å². The molecule has 2 aliphatic rings. The van der Waals surface area contributed by atoms with Gasteiger partial charge in [0.05, 0.1) is 6.26 Å². The van der Waals surface area contributed by atoms with Crippen molar-refractivity contribution < 1.29 is 13.2 Å². The van der Waals surface area contributed by atoms with E-state index >= 15 is 0 Å². The van der Waals surface area contributed by atoms with Gasteiger partial charge in [0, 0.05) is 17.3 Å². The van der Waals surface area contributed by atoms with Crippen molar-refractivity contribution in [2.75, 3.05) is 16.3 Å². The number of amides is 1. The van der Waals surface area contributed by atoms with Crippen molar-refractivity contribution in [2.24, 2.45) is 17.8 Å². The van der Waals surface area contributed by atoms with Crippen LogP contribution in [-0.2, 0) is 14.8 Å². The molecule has 0 heterocycles. The van der Waals surface area contributed by atoms with E-state index in [1.165, 1.54) is 0 Å². The summed E-state index contributed by atoms with van der Waals surface area (Å²) in [5, 5.41) is 2.91. The summed E-state index contributed by atoms with van der Waals surface area (Å²) in [6.07, 6.45) is 7.49. The third kappa shape index (κ3) is 3.26. The number of fused-ring (bicyclic) bond motifs is 2. The predicted octanol–water partition coefficient (Wildman–Crippen LogP) is 2.21. The Morgan fingerprint density at radius 1 is 1.10 bits per heavy atom. The van der Waals surface area contributed by atoms with Gasteiger partial charge in [0.25, 0.3) is 0 Å². The summed E-state index contributed by atoms with van der Waals surface area (Å²) >= 11 is 0. The van der Waals surface area contributed by atoms with Gasteiger partial charge in [-0.3, -0.25) is 9.52 Å². The molecule has 3 rings (SSSR count). The van der Waals surface area contributed by atoms with Crippen LogP contribution >= 0.6 is 0 Å². The van der Waals surface area contributed by atoms with Gasteiger partial charge < -0.3 is 5.32 Å². The molecule has 0 radical (unpaired) electrons. The van der Waals surface area contributed by atoms with Gasteiger partial charge >= 0.3 is 0 Å². The van der Waals surface area contributed by atoms with E-state index in [1.54, 1.807) is 24.3 Å². The number of carbonyl (C=O) groups is 1. The molecule has 112 valence electrons. The summed E-state index contributed by atoms with van der Waals surface area (Å²) in [6.45, 7) is 0. The Bertz CT molecular complexity index is 679. The van der Waals surface area contributed by atoms with Crippen LogP contribution in [0.2, 0.25) is 0 Å². The van der Waals surface area contributed by atoms with Crippen LogP contribution in [0.4, 0.5) is 11.4 Å². The molecular weight excluding hydrogens is 288 g/mol. The summed E-state index contributed by atoms with van der Waals surface area (Å²) in [5.41, 5.74) is 1.17. The average molecular weight is 306 g/mol. The lowest BCUT2D eigenvalue weighted by atomic mass is 9.93. The molecule has 2 aliphatic carbocycles. The van der Waals surface area contributed by atoms with Crippen LogP contribution in [0.15, 0.2) is 36.4 Å². The minimum Gasteiger partial charge on any atom is -0.326 e. The largest absolute Gasteiger partial charge is 0.326 e. The normalized spacial score (nSPS) is 26.8. The zero-order valence-corrected chi connectivity index (χ0v) is 12.6. The summed E-state index contributed by atoms with van der Waals surface area (Å²) in [7, 11) is -3.28. The molecule has 0 spiro atoms. The highest BCUT2D eigenvalue weighted by Gasteiger charge is 2.39. The molecule has 0 aromatic heterocycles. The second kappa shape index (κ2) is 5.18. The Morgan fingerprint density at radius 2 is 1.76 bits per heavy atom. The van der Waals surface area contributed by atoms with Gasteiger partial charge in [-0.25, -0.2) is 8.42 Å². The highest BCUT2D eigenvalue weighted by molar-refractivity contribution is 7.92. The lowest BCUT2D eigenvalue weighted by Gasteiger charge is -2.17. The third-order valence-corrected chi connectivity index (χ3v) is 4.68. The lowest BCUT2D eigenvalue weighted by molar-refractivity contribution is -0.120. The van der Waals surface area contributed by atoms with Crippen LogP contribution in [0.1, 0.15) is 12.8 Å². The van der Waals surface area contributed by atoms with Gasteiger partial charge in [-0.1, -0.05) is 12.2 Å². The summed E-state index contributed by atoms with van der Waals surface area (Å²) in [5.74, 6) is 1.05. The van der Waals surface area contributed by atoms with Crippen molar-refractivity contribution in [3.05, 3.63) is 36.4 Å². The highest BCUT2D eigenvalue weighted by atomic mass is 32.2. The smallest absolute Gasteiger partial charge is 0.229 e. The lowest BCUT2D eigenvalue weighted by Crippen LogP contribution is -2.25. The fourth-order valence-electron chi connectivity index (χ4n) is 3.15. The Morgan fingerprint density at radius 3 is 2.29 bits per heavy atom. The van der Waals surface area contributed by atoms with Crippen LogP contribution in [0.5, 0.6) is 0 Å². The zero-order valence-electron chi connectivity index (χ0n) is 11.7. The van der Waals surface area contributed by atoms with Gasteiger partial charge in [0.1, 0.15) is 0 Å². The third-order valence-electron chi connectivity index (χ3n) is 4.07. The predicted molar refractivity (Wildman–Crippen MR) is 82.4 cm³/mol. The molecule has 21 heavy (non-hydrogen) atoms. The number of allylic oxidation sites excluding steroid dienone is 2. The van der Waals surface area contributed by atoms with E-state index in [1.807, 2.05) is 0 Å². The molecule has 0 unspecified atom stereocenters. The Hall–Kier alpha value is -1.82. The average Bonchev–Trinajstić information content (AvgIpc) is 3.01. The van der Waals surface area contributed by atoms with Gasteiger partial charge in [0.15, 0.2) is 0 Å². The monoisotopic (exact) mass is 306 g/mol. The quantitative estimate of drug-likeness (QED) is 0.837. The minimum atomic E-state index is -3.28. The van der Waals surface area contributed by atoms with Crippen molar-refractivity contribution in [2.45, 2.75) is 12.8 Å². The Balaban J connectivity index is 1.63. The number of anilines is 2. The number of hydrogen-bond acceptors (Lipinski definition) is 3. The van der Waals surface area contributed by atoms with E-state index < -0.39 is 10.0 Å². The number of nitrogens with one attached hydrogen (secondary N) is 2. The molecule has 3 atom stereocenters. The Labute approximate surface area is 124 Å². The summed E-state index contributed by atoms with van der Waals surface area (Å²) in [4.78, 5) is 12.3. The van der Waals surface area contributed by atoms with E-state index in [0.717, 1.165) is 19.1 Å². The molecule has 1 amide bonds. The van der Waals surface area contributed by atoms with Crippen molar-refractivity contribution in [1.82, 2.24) is 0 Å². The van der Waals surface area contributed by atoms with Crippen LogP contribution in [0, 0.1) is 17.8 Å². The second-order valence-corrected chi connectivity index (χ2v) is 7.58.